The second-order valence-corrected chi connectivity index (χ2v) is 6.50. The summed E-state index contributed by atoms with van der Waals surface area (Å²) < 4.78 is 5.79. The van der Waals surface area contributed by atoms with Gasteiger partial charge in [0.15, 0.2) is 5.13 Å². The van der Waals surface area contributed by atoms with E-state index in [0.717, 1.165) is 30.6 Å². The van der Waals surface area contributed by atoms with Gasteiger partial charge in [-0.15, -0.1) is 0 Å². The first-order chi connectivity index (χ1) is 12.2. The number of carbonyl (C=O) groups excluding carboxylic acids is 1. The first-order valence-corrected chi connectivity index (χ1v) is 9.27. The number of para-hydroxylation sites is 1. The quantitative estimate of drug-likeness (QED) is 0.406. The molecule has 0 radical (unpaired) electrons. The van der Waals surface area contributed by atoms with Crippen molar-refractivity contribution in [3.05, 3.63) is 40.4 Å². The summed E-state index contributed by atoms with van der Waals surface area (Å²) in [4.78, 5) is 16.9. The third-order valence-corrected chi connectivity index (χ3v) is 4.47. The van der Waals surface area contributed by atoms with Crippen LogP contribution in [0.1, 0.15) is 54.0 Å². The Morgan fingerprint density at radius 1 is 1.36 bits per heavy atom. The number of nitrogens with zero attached hydrogens (tertiary/aromatic N) is 2. The van der Waals surface area contributed by atoms with Gasteiger partial charge < -0.3 is 10.5 Å². The molecule has 0 atom stereocenters. The molecule has 3 N–H and O–H groups in total. The highest BCUT2D eigenvalue weighted by Gasteiger charge is 2.15. The third-order valence-electron chi connectivity index (χ3n) is 3.55. The number of aromatic nitrogens is 1. The minimum absolute atomic E-state index is 0.302. The van der Waals surface area contributed by atoms with Crippen LogP contribution in [0.3, 0.4) is 0 Å². The van der Waals surface area contributed by atoms with Gasteiger partial charge in [0.05, 0.1) is 18.5 Å². The lowest BCUT2D eigenvalue weighted by atomic mass is 10.2. The van der Waals surface area contributed by atoms with Crippen LogP contribution in [0.2, 0.25) is 0 Å². The Bertz CT molecular complexity index is 728. The molecule has 0 aliphatic heterocycles. The molecule has 0 aliphatic carbocycles. The standard InChI is InChI=1S/C18H24N4O2S/c1-3-5-8-11-24-15-10-7-6-9-13(15)12-20-22-17(23)16-14(4-2)21-18(19)25-16/h6-7,9-10,12H,3-5,8,11H2,1-2H3,(H2,19,21)(H,22,23)/b20-12-. The smallest absolute Gasteiger partial charge is 0.283 e. The van der Waals surface area contributed by atoms with Gasteiger partial charge in [-0.2, -0.15) is 5.10 Å². The molecule has 134 valence electrons. The van der Waals surface area contributed by atoms with E-state index in [0.29, 0.717) is 28.7 Å². The summed E-state index contributed by atoms with van der Waals surface area (Å²) in [5, 5.41) is 4.43. The summed E-state index contributed by atoms with van der Waals surface area (Å²) in [6, 6.07) is 7.61. The van der Waals surface area contributed by atoms with Crippen LogP contribution < -0.4 is 15.9 Å². The molecular formula is C18H24N4O2S. The van der Waals surface area contributed by atoms with Gasteiger partial charge in [0.1, 0.15) is 10.6 Å². The maximum atomic E-state index is 12.2. The maximum absolute atomic E-state index is 12.2. The fourth-order valence-corrected chi connectivity index (χ4v) is 3.06. The van der Waals surface area contributed by atoms with Crippen LogP contribution in [0.4, 0.5) is 5.13 Å². The number of nitrogen functional groups attached to an aromatic ring is 1. The molecule has 25 heavy (non-hydrogen) atoms. The highest BCUT2D eigenvalue weighted by atomic mass is 32.1. The van der Waals surface area contributed by atoms with Gasteiger partial charge in [-0.3, -0.25) is 4.79 Å². The summed E-state index contributed by atoms with van der Waals surface area (Å²) in [5.74, 6) is 0.455. The molecule has 0 bridgehead atoms. The molecule has 0 unspecified atom stereocenters. The SMILES string of the molecule is CCCCCOc1ccccc1/C=N\NC(=O)c1sc(N)nc1CC. The molecule has 1 amide bonds. The average Bonchev–Trinajstić information content (AvgIpc) is 3.01. The van der Waals surface area contributed by atoms with E-state index < -0.39 is 0 Å². The Labute approximate surface area is 152 Å². The van der Waals surface area contributed by atoms with Gasteiger partial charge in [-0.1, -0.05) is 50.2 Å². The number of unbranched alkanes of at least 4 members (excludes halogenated alkanes) is 2. The summed E-state index contributed by atoms with van der Waals surface area (Å²) in [7, 11) is 0. The number of benzene rings is 1. The van der Waals surface area contributed by atoms with Crippen molar-refractivity contribution in [3.63, 3.8) is 0 Å². The first kappa shape index (κ1) is 18.9. The number of carbonyl (C=O) groups is 1. The molecule has 0 spiro atoms. The molecular weight excluding hydrogens is 336 g/mol. The predicted molar refractivity (Wildman–Crippen MR) is 102 cm³/mol. The van der Waals surface area contributed by atoms with Gasteiger partial charge in [-0.05, 0) is 25.0 Å². The maximum Gasteiger partial charge on any atom is 0.283 e. The van der Waals surface area contributed by atoms with Crippen LogP contribution in [-0.2, 0) is 6.42 Å². The Balaban J connectivity index is 1.98. The second-order valence-electron chi connectivity index (χ2n) is 5.47. The third kappa shape index (κ3) is 5.56. The number of ether oxygens (including phenoxy) is 1. The van der Waals surface area contributed by atoms with E-state index in [1.165, 1.54) is 11.3 Å². The largest absolute Gasteiger partial charge is 0.493 e. The minimum Gasteiger partial charge on any atom is -0.493 e. The van der Waals surface area contributed by atoms with Crippen LogP contribution in [0.25, 0.3) is 0 Å². The van der Waals surface area contributed by atoms with Crippen molar-refractivity contribution in [3.8, 4) is 5.75 Å². The lowest BCUT2D eigenvalue weighted by molar-refractivity contribution is 0.0958. The topological polar surface area (TPSA) is 89.6 Å². The highest BCUT2D eigenvalue weighted by Crippen LogP contribution is 2.21. The fraction of sp³-hybridized carbons (Fsp3) is 0.389. The molecule has 0 fully saturated rings. The monoisotopic (exact) mass is 360 g/mol. The average molecular weight is 360 g/mol. The number of anilines is 1. The number of nitrogens with two attached hydrogens (primary N) is 1. The number of nitrogens with one attached hydrogen (secondary N) is 1. The second kappa shape index (κ2) is 9.78. The lowest BCUT2D eigenvalue weighted by Crippen LogP contribution is -2.17. The Morgan fingerprint density at radius 3 is 2.92 bits per heavy atom. The molecule has 0 saturated heterocycles. The molecule has 0 saturated carbocycles. The number of hydrogen-bond acceptors (Lipinski definition) is 6. The summed E-state index contributed by atoms with van der Waals surface area (Å²) in [6.07, 6.45) is 5.55. The van der Waals surface area contributed by atoms with E-state index in [2.05, 4.69) is 22.4 Å². The molecule has 2 aromatic rings. The zero-order valence-electron chi connectivity index (χ0n) is 14.6. The summed E-state index contributed by atoms with van der Waals surface area (Å²) >= 11 is 1.17. The molecule has 1 aromatic heterocycles. The van der Waals surface area contributed by atoms with Crippen molar-refractivity contribution in [1.82, 2.24) is 10.4 Å². The van der Waals surface area contributed by atoms with Crippen LogP contribution in [0.15, 0.2) is 29.4 Å². The number of aryl methyl sites for hydroxylation is 1. The molecule has 7 heteroatoms. The number of thiazole rings is 1. The molecule has 1 heterocycles. The number of amides is 1. The normalized spacial score (nSPS) is 11.0. The summed E-state index contributed by atoms with van der Waals surface area (Å²) in [5.41, 5.74) is 9.71. The predicted octanol–water partition coefficient (Wildman–Crippen LogP) is 3.62. The number of hydrogen-bond donors (Lipinski definition) is 2. The minimum atomic E-state index is -0.302. The van der Waals surface area contributed by atoms with Gasteiger partial charge in [0.25, 0.3) is 5.91 Å². The van der Waals surface area contributed by atoms with E-state index >= 15 is 0 Å². The van der Waals surface area contributed by atoms with E-state index in [1.54, 1.807) is 6.21 Å². The van der Waals surface area contributed by atoms with Gasteiger partial charge in [0, 0.05) is 5.56 Å². The number of hydrazone groups is 1. The van der Waals surface area contributed by atoms with E-state index in [9.17, 15) is 4.79 Å². The lowest BCUT2D eigenvalue weighted by Gasteiger charge is -2.08. The van der Waals surface area contributed by atoms with Gasteiger partial charge in [-0.25, -0.2) is 10.4 Å². The van der Waals surface area contributed by atoms with Crippen LogP contribution in [-0.4, -0.2) is 23.7 Å². The molecule has 6 nitrogen and oxygen atoms in total. The number of rotatable bonds is 9. The summed E-state index contributed by atoms with van der Waals surface area (Å²) in [6.45, 7) is 4.76. The molecule has 2 rings (SSSR count). The van der Waals surface area contributed by atoms with E-state index in [-0.39, 0.29) is 5.91 Å². The zero-order valence-corrected chi connectivity index (χ0v) is 15.4. The van der Waals surface area contributed by atoms with Crippen LogP contribution >= 0.6 is 11.3 Å². The highest BCUT2D eigenvalue weighted by molar-refractivity contribution is 7.17. The van der Waals surface area contributed by atoms with Crippen molar-refractivity contribution in [2.45, 2.75) is 39.5 Å². The zero-order chi connectivity index (χ0) is 18.1. The molecule has 0 aliphatic rings. The van der Waals surface area contributed by atoms with Crippen LogP contribution in [0, 0.1) is 0 Å². The van der Waals surface area contributed by atoms with Crippen molar-refractivity contribution in [1.29, 1.82) is 0 Å². The van der Waals surface area contributed by atoms with E-state index in [4.69, 9.17) is 10.5 Å². The van der Waals surface area contributed by atoms with Gasteiger partial charge >= 0.3 is 0 Å². The van der Waals surface area contributed by atoms with Crippen molar-refractivity contribution >= 4 is 28.6 Å². The van der Waals surface area contributed by atoms with Crippen molar-refractivity contribution in [2.24, 2.45) is 5.10 Å². The van der Waals surface area contributed by atoms with Crippen molar-refractivity contribution < 1.29 is 9.53 Å². The Hall–Kier alpha value is -2.41. The van der Waals surface area contributed by atoms with E-state index in [1.807, 2.05) is 31.2 Å². The van der Waals surface area contributed by atoms with Gasteiger partial charge in [0.2, 0.25) is 0 Å². The molecule has 1 aromatic carbocycles. The van der Waals surface area contributed by atoms with Crippen molar-refractivity contribution in [2.75, 3.05) is 12.3 Å². The first-order valence-electron chi connectivity index (χ1n) is 8.46. The Morgan fingerprint density at radius 2 is 2.16 bits per heavy atom. The van der Waals surface area contributed by atoms with Crippen LogP contribution in [0.5, 0.6) is 5.75 Å². The fourth-order valence-electron chi connectivity index (χ4n) is 2.25. The Kier molecular flexibility index (Phi) is 7.40.